The van der Waals surface area contributed by atoms with Crippen LogP contribution in [0.2, 0.25) is 0 Å². The van der Waals surface area contributed by atoms with Crippen molar-refractivity contribution in [3.63, 3.8) is 0 Å². The maximum Gasteiger partial charge on any atom is 0.252 e. The Morgan fingerprint density at radius 2 is 2.00 bits per heavy atom. The molecular formula is C11H15NO3S2. The second kappa shape index (κ2) is 4.88. The molecule has 1 aromatic rings. The summed E-state index contributed by atoms with van der Waals surface area (Å²) in [4.78, 5) is 11.6. The summed E-state index contributed by atoms with van der Waals surface area (Å²) < 4.78 is 26.4. The van der Waals surface area contributed by atoms with Gasteiger partial charge in [0.25, 0.3) is 10.0 Å². The van der Waals surface area contributed by atoms with E-state index < -0.39 is 10.0 Å². The van der Waals surface area contributed by atoms with E-state index in [0.717, 1.165) is 11.2 Å². The highest BCUT2D eigenvalue weighted by molar-refractivity contribution is 7.91. The van der Waals surface area contributed by atoms with Crippen LogP contribution in [0.5, 0.6) is 0 Å². The third-order valence-electron chi connectivity index (χ3n) is 3.00. The lowest BCUT2D eigenvalue weighted by atomic mass is 10.0. The third kappa shape index (κ3) is 2.59. The number of aldehydes is 1. The molecule has 1 aromatic heterocycles. The fraction of sp³-hybridized carbons (Fsp3) is 0.545. The molecule has 0 aliphatic carbocycles. The molecule has 17 heavy (non-hydrogen) atoms. The molecule has 0 atom stereocenters. The first-order valence-corrected chi connectivity index (χ1v) is 7.81. The Balaban J connectivity index is 2.15. The summed E-state index contributed by atoms with van der Waals surface area (Å²) in [7, 11) is -3.34. The molecule has 1 aliphatic heterocycles. The number of hydrogen-bond acceptors (Lipinski definition) is 4. The molecule has 94 valence electrons. The van der Waals surface area contributed by atoms with Crippen LogP contribution in [0.15, 0.2) is 16.3 Å². The third-order valence-corrected chi connectivity index (χ3v) is 6.37. The number of piperidine rings is 1. The molecule has 0 spiro atoms. The van der Waals surface area contributed by atoms with Crippen molar-refractivity contribution in [3.05, 3.63) is 17.0 Å². The summed E-state index contributed by atoms with van der Waals surface area (Å²) in [5, 5.41) is 0. The van der Waals surface area contributed by atoms with Crippen molar-refractivity contribution in [2.24, 2.45) is 5.92 Å². The average molecular weight is 273 g/mol. The molecule has 0 saturated carbocycles. The van der Waals surface area contributed by atoms with Crippen molar-refractivity contribution in [3.8, 4) is 0 Å². The van der Waals surface area contributed by atoms with Gasteiger partial charge in [-0.05, 0) is 31.9 Å². The molecule has 4 nitrogen and oxygen atoms in total. The zero-order valence-corrected chi connectivity index (χ0v) is 11.3. The lowest BCUT2D eigenvalue weighted by Gasteiger charge is -2.28. The normalized spacial score (nSPS) is 19.4. The van der Waals surface area contributed by atoms with Gasteiger partial charge in [0.05, 0.1) is 0 Å². The molecule has 1 fully saturated rings. The Labute approximate surface area is 105 Å². The predicted octanol–water partition coefficient (Wildman–Crippen LogP) is 1.66. The Bertz CT molecular complexity index is 499. The van der Waals surface area contributed by atoms with Crippen molar-refractivity contribution in [2.45, 2.75) is 24.0 Å². The Hall–Kier alpha value is -0.720. The smallest absolute Gasteiger partial charge is 0.252 e. The highest BCUT2D eigenvalue weighted by Gasteiger charge is 2.29. The van der Waals surface area contributed by atoms with Crippen molar-refractivity contribution < 1.29 is 13.2 Å². The van der Waals surface area contributed by atoms with Gasteiger partial charge in [-0.1, -0.05) is 0 Å². The SMILES string of the molecule is Cc1ccc(S(=O)(=O)N2CCC(C=O)CC2)s1. The van der Waals surface area contributed by atoms with Crippen molar-refractivity contribution in [2.75, 3.05) is 13.1 Å². The molecule has 0 bridgehead atoms. The van der Waals surface area contributed by atoms with E-state index in [9.17, 15) is 13.2 Å². The maximum absolute atomic E-state index is 12.2. The highest BCUT2D eigenvalue weighted by atomic mass is 32.2. The number of carbonyl (C=O) groups is 1. The van der Waals surface area contributed by atoms with Crippen LogP contribution in [0, 0.1) is 12.8 Å². The van der Waals surface area contributed by atoms with E-state index in [1.54, 1.807) is 6.07 Å². The molecule has 0 N–H and O–H groups in total. The van der Waals surface area contributed by atoms with E-state index in [-0.39, 0.29) is 5.92 Å². The number of aryl methyl sites for hydroxylation is 1. The van der Waals surface area contributed by atoms with Crippen LogP contribution in [0.25, 0.3) is 0 Å². The first kappa shape index (κ1) is 12.7. The minimum absolute atomic E-state index is 0.0199. The fourth-order valence-electron chi connectivity index (χ4n) is 1.93. The molecular weight excluding hydrogens is 258 g/mol. The molecule has 0 unspecified atom stereocenters. The largest absolute Gasteiger partial charge is 0.303 e. The average Bonchev–Trinajstić information content (AvgIpc) is 2.77. The minimum atomic E-state index is -3.34. The first-order chi connectivity index (χ1) is 8.04. The highest BCUT2D eigenvalue weighted by Crippen LogP contribution is 2.27. The quantitative estimate of drug-likeness (QED) is 0.787. The zero-order valence-electron chi connectivity index (χ0n) is 9.63. The van der Waals surface area contributed by atoms with Crippen LogP contribution >= 0.6 is 11.3 Å². The summed E-state index contributed by atoms with van der Waals surface area (Å²) in [6.45, 7) is 2.79. The van der Waals surface area contributed by atoms with E-state index in [0.29, 0.717) is 30.1 Å². The van der Waals surface area contributed by atoms with Gasteiger partial charge in [0.15, 0.2) is 0 Å². The van der Waals surface area contributed by atoms with E-state index in [4.69, 9.17) is 0 Å². The van der Waals surface area contributed by atoms with Gasteiger partial charge < -0.3 is 4.79 Å². The lowest BCUT2D eigenvalue weighted by Crippen LogP contribution is -2.38. The second-order valence-electron chi connectivity index (χ2n) is 4.24. The van der Waals surface area contributed by atoms with Gasteiger partial charge in [-0.2, -0.15) is 4.31 Å². The van der Waals surface area contributed by atoms with Crippen molar-refractivity contribution in [1.82, 2.24) is 4.31 Å². The minimum Gasteiger partial charge on any atom is -0.303 e. The molecule has 0 aromatic carbocycles. The van der Waals surface area contributed by atoms with Gasteiger partial charge in [0.2, 0.25) is 0 Å². The molecule has 1 aliphatic rings. The van der Waals surface area contributed by atoms with E-state index in [1.807, 2.05) is 13.0 Å². The number of nitrogens with zero attached hydrogens (tertiary/aromatic N) is 1. The van der Waals surface area contributed by atoms with E-state index >= 15 is 0 Å². The molecule has 0 amide bonds. The van der Waals surface area contributed by atoms with Crippen LogP contribution < -0.4 is 0 Å². The second-order valence-corrected chi connectivity index (χ2v) is 7.70. The number of hydrogen-bond donors (Lipinski definition) is 0. The summed E-state index contributed by atoms with van der Waals surface area (Å²) >= 11 is 1.30. The Morgan fingerprint density at radius 1 is 1.35 bits per heavy atom. The molecule has 1 saturated heterocycles. The van der Waals surface area contributed by atoms with Gasteiger partial charge in [-0.25, -0.2) is 8.42 Å². The van der Waals surface area contributed by atoms with Crippen LogP contribution in [0.4, 0.5) is 0 Å². The first-order valence-electron chi connectivity index (χ1n) is 5.56. The van der Waals surface area contributed by atoms with Gasteiger partial charge >= 0.3 is 0 Å². The van der Waals surface area contributed by atoms with Crippen molar-refractivity contribution >= 4 is 27.6 Å². The summed E-state index contributed by atoms with van der Waals surface area (Å²) in [6.07, 6.45) is 2.19. The van der Waals surface area contributed by atoms with Crippen LogP contribution in [-0.4, -0.2) is 32.1 Å². The van der Waals surface area contributed by atoms with E-state index in [2.05, 4.69) is 0 Å². The maximum atomic E-state index is 12.2. The van der Waals surface area contributed by atoms with Crippen molar-refractivity contribution in [1.29, 1.82) is 0 Å². The summed E-state index contributed by atoms with van der Waals surface area (Å²) in [5.74, 6) is 0.0199. The summed E-state index contributed by atoms with van der Waals surface area (Å²) in [6, 6.07) is 3.47. The predicted molar refractivity (Wildman–Crippen MR) is 66.6 cm³/mol. The van der Waals surface area contributed by atoms with Gasteiger partial charge in [0.1, 0.15) is 10.5 Å². The number of carbonyl (C=O) groups excluding carboxylic acids is 1. The number of thiophene rings is 1. The Kier molecular flexibility index (Phi) is 3.65. The number of rotatable bonds is 3. The van der Waals surface area contributed by atoms with E-state index in [1.165, 1.54) is 15.6 Å². The lowest BCUT2D eigenvalue weighted by molar-refractivity contribution is -0.112. The van der Waals surface area contributed by atoms with Gasteiger partial charge in [0, 0.05) is 23.9 Å². The standard InChI is InChI=1S/C11H15NO3S2/c1-9-2-3-11(16-9)17(14,15)12-6-4-10(8-13)5-7-12/h2-3,8,10H,4-7H2,1H3. The topological polar surface area (TPSA) is 54.5 Å². The summed E-state index contributed by atoms with van der Waals surface area (Å²) in [5.41, 5.74) is 0. The molecule has 6 heteroatoms. The van der Waals surface area contributed by atoms with Crippen LogP contribution in [0.3, 0.4) is 0 Å². The van der Waals surface area contributed by atoms with Gasteiger partial charge in [-0.15, -0.1) is 11.3 Å². The fourth-order valence-corrected chi connectivity index (χ4v) is 4.84. The van der Waals surface area contributed by atoms with Gasteiger partial charge in [-0.3, -0.25) is 0 Å². The molecule has 0 radical (unpaired) electrons. The zero-order chi connectivity index (χ0) is 12.5. The Morgan fingerprint density at radius 3 is 2.47 bits per heavy atom. The van der Waals surface area contributed by atoms with Crippen LogP contribution in [-0.2, 0) is 14.8 Å². The monoisotopic (exact) mass is 273 g/mol. The molecule has 2 heterocycles. The number of sulfonamides is 1. The van der Waals surface area contributed by atoms with Crippen LogP contribution in [0.1, 0.15) is 17.7 Å². The molecule has 2 rings (SSSR count).